The van der Waals surface area contributed by atoms with E-state index in [1.807, 2.05) is 29.6 Å². The van der Waals surface area contributed by atoms with Gasteiger partial charge in [0.05, 0.1) is 23.6 Å². The average Bonchev–Trinajstić information content (AvgIpc) is 3.17. The van der Waals surface area contributed by atoms with Crippen LogP contribution in [0.25, 0.3) is 22.1 Å². The van der Waals surface area contributed by atoms with Crippen molar-refractivity contribution in [2.24, 2.45) is 0 Å². The van der Waals surface area contributed by atoms with Crippen LogP contribution in [0.4, 0.5) is 0 Å². The molecule has 2 aliphatic rings. The molecule has 2 aromatic carbocycles. The van der Waals surface area contributed by atoms with Crippen molar-refractivity contribution in [3.8, 4) is 11.8 Å². The number of fused-ring (bicyclic) bond motifs is 4. The van der Waals surface area contributed by atoms with E-state index in [1.54, 1.807) is 11.3 Å². The van der Waals surface area contributed by atoms with Gasteiger partial charge in [-0.3, -0.25) is 0 Å². The van der Waals surface area contributed by atoms with Crippen molar-refractivity contribution in [3.63, 3.8) is 0 Å². The highest BCUT2D eigenvalue weighted by atomic mass is 32.1. The van der Waals surface area contributed by atoms with Crippen LogP contribution in [0.2, 0.25) is 0 Å². The normalized spacial score (nSPS) is 17.3. The monoisotopic (exact) mass is 369 g/mol. The van der Waals surface area contributed by atoms with E-state index in [4.69, 9.17) is 9.47 Å². The van der Waals surface area contributed by atoms with Gasteiger partial charge in [0.25, 0.3) is 0 Å². The van der Waals surface area contributed by atoms with Crippen molar-refractivity contribution in [2.45, 2.75) is 6.42 Å². The Morgan fingerprint density at radius 2 is 2.00 bits per heavy atom. The molecule has 27 heavy (non-hydrogen) atoms. The van der Waals surface area contributed by atoms with Crippen LogP contribution in [0.15, 0.2) is 77.4 Å². The highest BCUT2D eigenvalue weighted by Gasteiger charge is 2.27. The number of allylic oxidation sites excluding steroid dienone is 4. The quantitative estimate of drug-likeness (QED) is 0.500. The second kappa shape index (κ2) is 6.46. The SMILES string of the molecule is N#C/C=C1\OC(c2cccs2)=CC2=C1CCOc1c2ccc2ccccc12. The minimum Gasteiger partial charge on any atom is -0.492 e. The largest absolute Gasteiger partial charge is 0.492 e. The van der Waals surface area contributed by atoms with Gasteiger partial charge in [-0.05, 0) is 34.5 Å². The summed E-state index contributed by atoms with van der Waals surface area (Å²) in [5.74, 6) is 2.28. The molecule has 130 valence electrons. The number of hydrogen-bond acceptors (Lipinski definition) is 4. The van der Waals surface area contributed by atoms with Gasteiger partial charge in [0.1, 0.15) is 17.3 Å². The van der Waals surface area contributed by atoms with E-state index in [0.717, 1.165) is 43.9 Å². The lowest BCUT2D eigenvalue weighted by Crippen LogP contribution is -2.05. The molecule has 4 heteroatoms. The van der Waals surface area contributed by atoms with Crippen LogP contribution in [-0.4, -0.2) is 6.61 Å². The highest BCUT2D eigenvalue weighted by Crippen LogP contribution is 2.45. The highest BCUT2D eigenvalue weighted by molar-refractivity contribution is 7.11. The summed E-state index contributed by atoms with van der Waals surface area (Å²) in [5, 5.41) is 13.5. The Kier molecular flexibility index (Phi) is 3.81. The molecule has 3 heterocycles. The van der Waals surface area contributed by atoms with E-state index in [2.05, 4.69) is 36.4 Å². The molecule has 3 nitrogen and oxygen atoms in total. The Hall–Kier alpha value is -3.29. The third-order valence-corrected chi connectivity index (χ3v) is 5.73. The molecule has 1 aromatic heterocycles. The van der Waals surface area contributed by atoms with Crippen molar-refractivity contribution in [2.75, 3.05) is 6.61 Å². The first kappa shape index (κ1) is 15.9. The first-order valence-electron chi connectivity index (χ1n) is 8.77. The zero-order chi connectivity index (χ0) is 18.2. The Balaban J connectivity index is 1.79. The Morgan fingerprint density at radius 3 is 2.85 bits per heavy atom. The van der Waals surface area contributed by atoms with Crippen LogP contribution in [0, 0.1) is 11.3 Å². The number of rotatable bonds is 1. The molecule has 5 rings (SSSR count). The fourth-order valence-corrected chi connectivity index (χ4v) is 4.32. The molecule has 2 aliphatic heterocycles. The van der Waals surface area contributed by atoms with Crippen LogP contribution >= 0.6 is 11.3 Å². The maximum atomic E-state index is 9.26. The van der Waals surface area contributed by atoms with Gasteiger partial charge < -0.3 is 9.47 Å². The lowest BCUT2D eigenvalue weighted by atomic mass is 9.92. The van der Waals surface area contributed by atoms with Crippen LogP contribution in [0.5, 0.6) is 5.75 Å². The van der Waals surface area contributed by atoms with Crippen molar-refractivity contribution in [3.05, 3.63) is 87.8 Å². The first-order chi connectivity index (χ1) is 13.3. The number of hydrogen-bond donors (Lipinski definition) is 0. The Morgan fingerprint density at radius 1 is 1.07 bits per heavy atom. The second-order valence-electron chi connectivity index (χ2n) is 6.38. The first-order valence-corrected chi connectivity index (χ1v) is 9.65. The number of benzene rings is 2. The summed E-state index contributed by atoms with van der Waals surface area (Å²) >= 11 is 1.62. The molecule has 0 unspecified atom stereocenters. The van der Waals surface area contributed by atoms with Gasteiger partial charge in [0.2, 0.25) is 0 Å². The molecule has 0 saturated heterocycles. The van der Waals surface area contributed by atoms with Crippen LogP contribution < -0.4 is 4.74 Å². The number of nitriles is 1. The molecule has 0 radical (unpaired) electrons. The number of nitrogens with zero attached hydrogens (tertiary/aromatic N) is 1. The molecule has 0 fully saturated rings. The lowest BCUT2D eigenvalue weighted by Gasteiger charge is -2.22. The van der Waals surface area contributed by atoms with E-state index in [9.17, 15) is 5.26 Å². The Labute approximate surface area is 161 Å². The number of thiophene rings is 1. The maximum absolute atomic E-state index is 9.26. The summed E-state index contributed by atoms with van der Waals surface area (Å²) in [6, 6.07) is 18.6. The summed E-state index contributed by atoms with van der Waals surface area (Å²) in [5.41, 5.74) is 3.14. The van der Waals surface area contributed by atoms with Gasteiger partial charge in [0, 0.05) is 22.9 Å². The zero-order valence-electron chi connectivity index (χ0n) is 14.4. The van der Waals surface area contributed by atoms with E-state index in [0.29, 0.717) is 18.8 Å². The van der Waals surface area contributed by atoms with Crippen molar-refractivity contribution in [1.29, 1.82) is 5.26 Å². The van der Waals surface area contributed by atoms with Crippen LogP contribution in [0.1, 0.15) is 16.9 Å². The van der Waals surface area contributed by atoms with Crippen molar-refractivity contribution in [1.82, 2.24) is 0 Å². The fraction of sp³-hybridized carbons (Fsp3) is 0.0870. The average molecular weight is 369 g/mol. The molecule has 0 aliphatic carbocycles. The molecule has 0 spiro atoms. The molecule has 0 amide bonds. The Bertz CT molecular complexity index is 1180. The van der Waals surface area contributed by atoms with Crippen molar-refractivity contribution < 1.29 is 9.47 Å². The van der Waals surface area contributed by atoms with E-state index < -0.39 is 0 Å². The third kappa shape index (κ3) is 2.64. The number of ether oxygens (including phenoxy) is 2. The van der Waals surface area contributed by atoms with E-state index in [-0.39, 0.29) is 0 Å². The molecule has 0 saturated carbocycles. The van der Waals surface area contributed by atoms with Gasteiger partial charge in [0.15, 0.2) is 0 Å². The predicted octanol–water partition coefficient (Wildman–Crippen LogP) is 5.92. The third-order valence-electron chi connectivity index (χ3n) is 4.85. The van der Waals surface area contributed by atoms with Crippen molar-refractivity contribution >= 4 is 33.4 Å². The molecular weight excluding hydrogens is 354 g/mol. The predicted molar refractivity (Wildman–Crippen MR) is 108 cm³/mol. The van der Waals surface area contributed by atoms with Crippen LogP contribution in [-0.2, 0) is 4.74 Å². The van der Waals surface area contributed by atoms with Gasteiger partial charge in [-0.2, -0.15) is 5.26 Å². The summed E-state index contributed by atoms with van der Waals surface area (Å²) in [7, 11) is 0. The summed E-state index contributed by atoms with van der Waals surface area (Å²) in [6.45, 7) is 0.550. The second-order valence-corrected chi connectivity index (χ2v) is 7.33. The molecule has 0 atom stereocenters. The van der Waals surface area contributed by atoms with E-state index >= 15 is 0 Å². The smallest absolute Gasteiger partial charge is 0.145 e. The minimum absolute atomic E-state index is 0.550. The molecule has 3 aromatic rings. The maximum Gasteiger partial charge on any atom is 0.145 e. The minimum atomic E-state index is 0.550. The van der Waals surface area contributed by atoms with Gasteiger partial charge in [-0.1, -0.05) is 36.4 Å². The fourth-order valence-electron chi connectivity index (χ4n) is 3.64. The van der Waals surface area contributed by atoms with E-state index in [1.165, 1.54) is 6.08 Å². The zero-order valence-corrected chi connectivity index (χ0v) is 15.3. The van der Waals surface area contributed by atoms with Crippen LogP contribution in [0.3, 0.4) is 0 Å². The molecular formula is C23H15NO2S. The van der Waals surface area contributed by atoms with Gasteiger partial charge in [-0.25, -0.2) is 0 Å². The summed E-state index contributed by atoms with van der Waals surface area (Å²) < 4.78 is 12.3. The standard InChI is InChI=1S/C23H15NO2S/c24-11-9-20-17-10-12-25-23-16-5-2-1-4-15(16)7-8-18(23)19(17)14-21(26-20)22-6-3-13-27-22/h1-9,13-14H,10,12H2/b20-9-. The summed E-state index contributed by atoms with van der Waals surface area (Å²) in [6.07, 6.45) is 4.26. The summed E-state index contributed by atoms with van der Waals surface area (Å²) in [4.78, 5) is 1.04. The van der Waals surface area contributed by atoms with Gasteiger partial charge >= 0.3 is 0 Å². The lowest BCUT2D eigenvalue weighted by molar-refractivity contribution is 0.320. The van der Waals surface area contributed by atoms with Gasteiger partial charge in [-0.15, -0.1) is 11.3 Å². The topological polar surface area (TPSA) is 42.2 Å². The molecule has 0 N–H and O–H groups in total. The molecule has 0 bridgehead atoms.